The van der Waals surface area contributed by atoms with Crippen molar-refractivity contribution in [1.82, 2.24) is 0 Å². The molecule has 1 aliphatic carbocycles. The molecule has 1 fully saturated rings. The van der Waals surface area contributed by atoms with Gasteiger partial charge in [0.15, 0.2) is 17.3 Å². The van der Waals surface area contributed by atoms with Crippen molar-refractivity contribution in [3.8, 4) is 11.5 Å². The minimum Gasteiger partial charge on any atom is -0.493 e. The molecule has 0 aliphatic heterocycles. The Hall–Kier alpha value is -2.55. The summed E-state index contributed by atoms with van der Waals surface area (Å²) in [4.78, 5) is 12.2. The maximum atomic E-state index is 12.2. The monoisotopic (exact) mass is 322 g/mol. The van der Waals surface area contributed by atoms with Crippen molar-refractivity contribution in [3.05, 3.63) is 65.7 Å². The summed E-state index contributed by atoms with van der Waals surface area (Å²) in [6.45, 7) is 0. The fourth-order valence-corrected chi connectivity index (χ4v) is 2.95. The summed E-state index contributed by atoms with van der Waals surface area (Å²) in [5.74, 6) is 1.47. The first kappa shape index (κ1) is 16.3. The van der Waals surface area contributed by atoms with Gasteiger partial charge in [0.05, 0.1) is 13.2 Å². The first-order valence-electron chi connectivity index (χ1n) is 8.38. The van der Waals surface area contributed by atoms with Gasteiger partial charge in [-0.3, -0.25) is 4.79 Å². The van der Waals surface area contributed by atoms with Crippen molar-refractivity contribution < 1.29 is 14.3 Å². The number of methoxy groups -OCH3 is 1. The molecule has 24 heavy (non-hydrogen) atoms. The highest BCUT2D eigenvalue weighted by molar-refractivity contribution is 6.06. The zero-order valence-corrected chi connectivity index (χ0v) is 13.9. The van der Waals surface area contributed by atoms with E-state index in [9.17, 15) is 4.79 Å². The molecule has 0 N–H and O–H groups in total. The molecule has 0 heterocycles. The molecule has 1 saturated carbocycles. The Morgan fingerprint density at radius 3 is 2.50 bits per heavy atom. The number of carbonyl (C=O) groups is 1. The van der Waals surface area contributed by atoms with Crippen LogP contribution in [0.1, 0.15) is 41.6 Å². The van der Waals surface area contributed by atoms with Gasteiger partial charge >= 0.3 is 0 Å². The van der Waals surface area contributed by atoms with Crippen LogP contribution in [-0.4, -0.2) is 19.0 Å². The van der Waals surface area contributed by atoms with Crippen molar-refractivity contribution in [2.45, 2.75) is 31.8 Å². The summed E-state index contributed by atoms with van der Waals surface area (Å²) in [7, 11) is 1.64. The van der Waals surface area contributed by atoms with Gasteiger partial charge in [0, 0.05) is 5.56 Å². The molecule has 0 radical (unpaired) electrons. The molecule has 0 spiro atoms. The third-order valence-electron chi connectivity index (χ3n) is 4.27. The van der Waals surface area contributed by atoms with Gasteiger partial charge in [0.1, 0.15) is 0 Å². The number of ketones is 1. The van der Waals surface area contributed by atoms with Crippen molar-refractivity contribution >= 4 is 11.9 Å². The van der Waals surface area contributed by atoms with Crippen LogP contribution >= 0.6 is 0 Å². The summed E-state index contributed by atoms with van der Waals surface area (Å²) in [6.07, 6.45) is 8.30. The number of benzene rings is 2. The molecule has 3 rings (SSSR count). The molecule has 0 saturated heterocycles. The topological polar surface area (TPSA) is 35.5 Å². The molecule has 0 unspecified atom stereocenters. The molecule has 0 aromatic heterocycles. The second kappa shape index (κ2) is 7.82. The van der Waals surface area contributed by atoms with Crippen LogP contribution < -0.4 is 9.47 Å². The van der Waals surface area contributed by atoms with Gasteiger partial charge < -0.3 is 9.47 Å². The molecule has 2 aromatic rings. The van der Waals surface area contributed by atoms with E-state index in [1.54, 1.807) is 13.2 Å². The highest BCUT2D eigenvalue weighted by atomic mass is 16.5. The van der Waals surface area contributed by atoms with Crippen molar-refractivity contribution in [2.24, 2.45) is 0 Å². The van der Waals surface area contributed by atoms with Crippen molar-refractivity contribution in [2.75, 3.05) is 7.11 Å². The van der Waals surface area contributed by atoms with E-state index >= 15 is 0 Å². The third-order valence-corrected chi connectivity index (χ3v) is 4.27. The largest absolute Gasteiger partial charge is 0.493 e. The molecular formula is C21H22O3. The quantitative estimate of drug-likeness (QED) is 0.560. The van der Waals surface area contributed by atoms with Gasteiger partial charge in [0.2, 0.25) is 0 Å². The fourth-order valence-electron chi connectivity index (χ4n) is 2.95. The van der Waals surface area contributed by atoms with Crippen molar-refractivity contribution in [3.63, 3.8) is 0 Å². The lowest BCUT2D eigenvalue weighted by molar-refractivity contribution is 0.104. The number of rotatable bonds is 6. The summed E-state index contributed by atoms with van der Waals surface area (Å²) < 4.78 is 11.5. The predicted octanol–water partition coefficient (Wildman–Crippen LogP) is 4.91. The first-order valence-corrected chi connectivity index (χ1v) is 8.38. The van der Waals surface area contributed by atoms with Crippen LogP contribution in [-0.2, 0) is 0 Å². The van der Waals surface area contributed by atoms with Crippen LogP contribution in [0.4, 0.5) is 0 Å². The van der Waals surface area contributed by atoms with Gasteiger partial charge in [0.25, 0.3) is 0 Å². The molecule has 1 aliphatic rings. The molecule has 124 valence electrons. The van der Waals surface area contributed by atoms with Crippen LogP contribution in [0.15, 0.2) is 54.6 Å². The maximum absolute atomic E-state index is 12.2. The highest BCUT2D eigenvalue weighted by Gasteiger charge is 2.18. The second-order valence-electron chi connectivity index (χ2n) is 6.00. The Balaban J connectivity index is 1.75. The summed E-state index contributed by atoms with van der Waals surface area (Å²) in [5, 5.41) is 0. The van der Waals surface area contributed by atoms with Gasteiger partial charge in [-0.05, 0) is 49.5 Å². The molecule has 0 bridgehead atoms. The van der Waals surface area contributed by atoms with Gasteiger partial charge in [-0.2, -0.15) is 0 Å². The van der Waals surface area contributed by atoms with Crippen LogP contribution in [0, 0.1) is 0 Å². The fraction of sp³-hybridized carbons (Fsp3) is 0.286. The average Bonchev–Trinajstić information content (AvgIpc) is 3.13. The number of ether oxygens (including phenoxy) is 2. The van der Waals surface area contributed by atoms with E-state index in [1.165, 1.54) is 12.8 Å². The Kier molecular flexibility index (Phi) is 5.32. The highest BCUT2D eigenvalue weighted by Crippen LogP contribution is 2.32. The van der Waals surface area contributed by atoms with E-state index in [-0.39, 0.29) is 11.9 Å². The van der Waals surface area contributed by atoms with Crippen LogP contribution in [0.25, 0.3) is 6.08 Å². The maximum Gasteiger partial charge on any atom is 0.185 e. The Morgan fingerprint density at radius 2 is 1.79 bits per heavy atom. The van der Waals surface area contributed by atoms with Crippen molar-refractivity contribution in [1.29, 1.82) is 0 Å². The van der Waals surface area contributed by atoms with Crippen LogP contribution in [0.5, 0.6) is 11.5 Å². The lowest BCUT2D eigenvalue weighted by atomic mass is 10.1. The molecule has 0 amide bonds. The Morgan fingerprint density at radius 1 is 1.04 bits per heavy atom. The molecule has 0 atom stereocenters. The smallest absolute Gasteiger partial charge is 0.185 e. The van der Waals surface area contributed by atoms with Crippen LogP contribution in [0.3, 0.4) is 0 Å². The van der Waals surface area contributed by atoms with Gasteiger partial charge in [-0.25, -0.2) is 0 Å². The number of hydrogen-bond donors (Lipinski definition) is 0. The number of carbonyl (C=O) groups excluding carboxylic acids is 1. The molecule has 3 heteroatoms. The van der Waals surface area contributed by atoms with E-state index in [1.807, 2.05) is 54.6 Å². The van der Waals surface area contributed by atoms with E-state index in [0.717, 1.165) is 29.9 Å². The standard InChI is InChI=1S/C21H22O3/c1-23-20-14-12-16(15-21(20)24-18-9-5-6-10-18)11-13-19(22)17-7-3-2-4-8-17/h2-4,7-8,11-15,18H,5-6,9-10H2,1H3/b13-11+. The summed E-state index contributed by atoms with van der Waals surface area (Å²) in [5.41, 5.74) is 1.61. The van der Waals surface area contributed by atoms with E-state index in [0.29, 0.717) is 5.56 Å². The first-order chi connectivity index (χ1) is 11.8. The lowest BCUT2D eigenvalue weighted by Gasteiger charge is -2.16. The number of allylic oxidation sites excluding steroid dienone is 1. The Bertz CT molecular complexity index is 713. The third kappa shape index (κ3) is 4.05. The van der Waals surface area contributed by atoms with E-state index < -0.39 is 0 Å². The van der Waals surface area contributed by atoms with E-state index in [4.69, 9.17) is 9.47 Å². The average molecular weight is 322 g/mol. The normalized spacial score (nSPS) is 14.9. The lowest BCUT2D eigenvalue weighted by Crippen LogP contribution is -2.11. The molecular weight excluding hydrogens is 300 g/mol. The predicted molar refractivity (Wildman–Crippen MR) is 95.7 cm³/mol. The SMILES string of the molecule is COc1ccc(/C=C/C(=O)c2ccccc2)cc1OC1CCCC1. The minimum atomic E-state index is -0.00956. The summed E-state index contributed by atoms with van der Waals surface area (Å²) >= 11 is 0. The second-order valence-corrected chi connectivity index (χ2v) is 6.00. The van der Waals surface area contributed by atoms with Gasteiger partial charge in [-0.15, -0.1) is 0 Å². The molecule has 3 nitrogen and oxygen atoms in total. The summed E-state index contributed by atoms with van der Waals surface area (Å²) in [6, 6.07) is 15.0. The van der Waals surface area contributed by atoms with E-state index in [2.05, 4.69) is 0 Å². The number of hydrogen-bond acceptors (Lipinski definition) is 3. The zero-order valence-electron chi connectivity index (χ0n) is 13.9. The molecule has 2 aromatic carbocycles. The van der Waals surface area contributed by atoms with Gasteiger partial charge in [-0.1, -0.05) is 42.5 Å². The minimum absolute atomic E-state index is 0.00956. The Labute approximate surface area is 142 Å². The van der Waals surface area contributed by atoms with Crippen LogP contribution in [0.2, 0.25) is 0 Å². The zero-order chi connectivity index (χ0) is 16.8.